The van der Waals surface area contributed by atoms with Gasteiger partial charge in [-0.1, -0.05) is 36.0 Å². The third kappa shape index (κ3) is 2.55. The SMILES string of the molecule is O=C1CCC[C@@H]1Sc1nc(-c2cccs2)nc2ccccc12. The molecule has 2 aromatic heterocycles. The molecule has 0 aliphatic heterocycles. The number of ketones is 1. The van der Waals surface area contributed by atoms with E-state index in [1.807, 2.05) is 41.8 Å². The second-order valence-electron chi connectivity index (χ2n) is 5.31. The predicted octanol–water partition coefficient (Wildman–Crippen LogP) is 4.57. The molecule has 0 spiro atoms. The second-order valence-corrected chi connectivity index (χ2v) is 7.45. The van der Waals surface area contributed by atoms with E-state index in [9.17, 15) is 4.79 Å². The van der Waals surface area contributed by atoms with Crippen LogP contribution in [0.1, 0.15) is 19.3 Å². The molecule has 110 valence electrons. The predicted molar refractivity (Wildman–Crippen MR) is 91.4 cm³/mol. The van der Waals surface area contributed by atoms with E-state index in [1.165, 1.54) is 0 Å². The smallest absolute Gasteiger partial charge is 0.171 e. The van der Waals surface area contributed by atoms with Gasteiger partial charge in [-0.2, -0.15) is 0 Å². The minimum atomic E-state index is 0.0505. The van der Waals surface area contributed by atoms with Crippen LogP contribution in [0.2, 0.25) is 0 Å². The highest BCUT2D eigenvalue weighted by molar-refractivity contribution is 8.00. The van der Waals surface area contributed by atoms with Crippen LogP contribution in [0.5, 0.6) is 0 Å². The Morgan fingerprint density at radius 1 is 1.14 bits per heavy atom. The number of Topliss-reactive ketones (excluding diaryl/α,β-unsaturated/α-hetero) is 1. The Kier molecular flexibility index (Phi) is 3.68. The number of para-hydroxylation sites is 1. The van der Waals surface area contributed by atoms with Gasteiger partial charge in [0.05, 0.1) is 15.6 Å². The normalized spacial score (nSPS) is 18.2. The number of thioether (sulfide) groups is 1. The van der Waals surface area contributed by atoms with E-state index in [4.69, 9.17) is 4.98 Å². The monoisotopic (exact) mass is 326 g/mol. The maximum Gasteiger partial charge on any atom is 0.171 e. The summed E-state index contributed by atoms with van der Waals surface area (Å²) in [6, 6.07) is 12.1. The summed E-state index contributed by atoms with van der Waals surface area (Å²) < 4.78 is 0. The summed E-state index contributed by atoms with van der Waals surface area (Å²) in [6.45, 7) is 0. The molecule has 3 nitrogen and oxygen atoms in total. The van der Waals surface area contributed by atoms with E-state index in [0.717, 1.165) is 39.5 Å². The van der Waals surface area contributed by atoms with Crippen LogP contribution in [0, 0.1) is 0 Å². The molecule has 3 aromatic rings. The van der Waals surface area contributed by atoms with Gasteiger partial charge in [0.25, 0.3) is 0 Å². The molecule has 0 unspecified atom stereocenters. The zero-order valence-corrected chi connectivity index (χ0v) is 13.5. The van der Waals surface area contributed by atoms with E-state index < -0.39 is 0 Å². The molecule has 4 rings (SSSR count). The van der Waals surface area contributed by atoms with Crippen molar-refractivity contribution in [2.75, 3.05) is 0 Å². The van der Waals surface area contributed by atoms with Gasteiger partial charge in [0.1, 0.15) is 10.8 Å². The van der Waals surface area contributed by atoms with Crippen LogP contribution in [-0.4, -0.2) is 21.0 Å². The summed E-state index contributed by atoms with van der Waals surface area (Å²) in [5, 5.41) is 4.04. The van der Waals surface area contributed by atoms with Gasteiger partial charge in [-0.25, -0.2) is 9.97 Å². The molecule has 0 radical (unpaired) electrons. The number of aromatic nitrogens is 2. The summed E-state index contributed by atoms with van der Waals surface area (Å²) >= 11 is 3.24. The molecule has 1 fully saturated rings. The molecule has 1 saturated carbocycles. The lowest BCUT2D eigenvalue weighted by molar-refractivity contribution is -0.116. The zero-order valence-electron chi connectivity index (χ0n) is 11.9. The average Bonchev–Trinajstić information content (AvgIpc) is 3.20. The minimum absolute atomic E-state index is 0.0505. The number of rotatable bonds is 3. The Bertz CT molecular complexity index is 830. The molecule has 1 aliphatic carbocycles. The van der Waals surface area contributed by atoms with Crippen molar-refractivity contribution in [2.24, 2.45) is 0 Å². The topological polar surface area (TPSA) is 42.9 Å². The van der Waals surface area contributed by atoms with Crippen molar-refractivity contribution in [3.8, 4) is 10.7 Å². The number of nitrogens with zero attached hydrogens (tertiary/aromatic N) is 2. The summed E-state index contributed by atoms with van der Waals surface area (Å²) in [5.41, 5.74) is 0.939. The Labute approximate surface area is 136 Å². The van der Waals surface area contributed by atoms with Gasteiger partial charge in [-0.15, -0.1) is 11.3 Å². The van der Waals surface area contributed by atoms with E-state index in [2.05, 4.69) is 4.98 Å². The van der Waals surface area contributed by atoms with Crippen LogP contribution in [0.3, 0.4) is 0 Å². The third-order valence-corrected chi connectivity index (χ3v) is 6.00. The maximum absolute atomic E-state index is 12.0. The van der Waals surface area contributed by atoms with Gasteiger partial charge in [-0.05, 0) is 30.4 Å². The van der Waals surface area contributed by atoms with Crippen molar-refractivity contribution in [1.29, 1.82) is 0 Å². The van der Waals surface area contributed by atoms with E-state index >= 15 is 0 Å². The fourth-order valence-electron chi connectivity index (χ4n) is 2.70. The van der Waals surface area contributed by atoms with Crippen LogP contribution in [0.15, 0.2) is 46.8 Å². The molecule has 1 atom stereocenters. The summed E-state index contributed by atoms with van der Waals surface area (Å²) in [4.78, 5) is 22.5. The van der Waals surface area contributed by atoms with E-state index in [-0.39, 0.29) is 5.25 Å². The lowest BCUT2D eigenvalue weighted by Crippen LogP contribution is -2.08. The number of carbonyl (C=O) groups excluding carboxylic acids is 1. The van der Waals surface area contributed by atoms with Crippen molar-refractivity contribution < 1.29 is 4.79 Å². The highest BCUT2D eigenvalue weighted by atomic mass is 32.2. The highest BCUT2D eigenvalue weighted by Crippen LogP contribution is 2.36. The molecule has 0 amide bonds. The molecule has 5 heteroatoms. The first-order valence-electron chi connectivity index (χ1n) is 7.31. The van der Waals surface area contributed by atoms with Crippen molar-refractivity contribution in [3.05, 3.63) is 41.8 Å². The van der Waals surface area contributed by atoms with Crippen molar-refractivity contribution in [3.63, 3.8) is 0 Å². The lowest BCUT2D eigenvalue weighted by Gasteiger charge is -2.11. The first-order chi connectivity index (χ1) is 10.8. The van der Waals surface area contributed by atoms with Crippen molar-refractivity contribution >= 4 is 39.8 Å². The summed E-state index contributed by atoms with van der Waals surface area (Å²) in [5.74, 6) is 1.10. The van der Waals surface area contributed by atoms with Crippen LogP contribution >= 0.6 is 23.1 Å². The lowest BCUT2D eigenvalue weighted by atomic mass is 10.2. The molecule has 0 saturated heterocycles. The first kappa shape index (κ1) is 13.9. The van der Waals surface area contributed by atoms with E-state index in [1.54, 1.807) is 23.1 Å². The number of carbonyl (C=O) groups is 1. The molecule has 1 aromatic carbocycles. The fraction of sp³-hybridized carbons (Fsp3) is 0.235. The second kappa shape index (κ2) is 5.82. The quantitative estimate of drug-likeness (QED) is 0.661. The molecule has 2 heterocycles. The summed E-state index contributed by atoms with van der Waals surface area (Å²) in [7, 11) is 0. The number of benzene rings is 1. The highest BCUT2D eigenvalue weighted by Gasteiger charge is 2.26. The van der Waals surface area contributed by atoms with Gasteiger partial charge in [-0.3, -0.25) is 4.79 Å². The van der Waals surface area contributed by atoms with Gasteiger partial charge < -0.3 is 0 Å². The molecule has 0 N–H and O–H groups in total. The van der Waals surface area contributed by atoms with Crippen molar-refractivity contribution in [2.45, 2.75) is 29.5 Å². The Hall–Kier alpha value is -1.72. The minimum Gasteiger partial charge on any atom is -0.298 e. The summed E-state index contributed by atoms with van der Waals surface area (Å²) in [6.07, 6.45) is 2.66. The molecular formula is C17H14N2OS2. The van der Waals surface area contributed by atoms with Gasteiger partial charge in [0, 0.05) is 11.8 Å². The van der Waals surface area contributed by atoms with Gasteiger partial charge in [0.15, 0.2) is 5.82 Å². The van der Waals surface area contributed by atoms with Crippen molar-refractivity contribution in [1.82, 2.24) is 9.97 Å². The fourth-order valence-corrected chi connectivity index (χ4v) is 4.60. The molecule has 1 aliphatic rings. The number of thiophene rings is 1. The average molecular weight is 326 g/mol. The number of hydrogen-bond acceptors (Lipinski definition) is 5. The standard InChI is InChI=1S/C17H14N2OS2/c20-13-7-3-8-14(13)22-17-11-5-1-2-6-12(11)18-16(19-17)15-9-4-10-21-15/h1-2,4-6,9-10,14H,3,7-8H2/t14-/m0/s1. The number of fused-ring (bicyclic) bond motifs is 1. The van der Waals surface area contributed by atoms with E-state index in [0.29, 0.717) is 12.2 Å². The molecule has 22 heavy (non-hydrogen) atoms. The Morgan fingerprint density at radius 2 is 2.05 bits per heavy atom. The van der Waals surface area contributed by atoms with Crippen LogP contribution in [-0.2, 0) is 4.79 Å². The largest absolute Gasteiger partial charge is 0.298 e. The maximum atomic E-state index is 12.0. The zero-order chi connectivity index (χ0) is 14.9. The van der Waals surface area contributed by atoms with Gasteiger partial charge in [0.2, 0.25) is 0 Å². The Balaban J connectivity index is 1.82. The van der Waals surface area contributed by atoms with Gasteiger partial charge >= 0.3 is 0 Å². The van der Waals surface area contributed by atoms with Crippen LogP contribution < -0.4 is 0 Å². The molecule has 0 bridgehead atoms. The van der Waals surface area contributed by atoms with Crippen LogP contribution in [0.25, 0.3) is 21.6 Å². The number of hydrogen-bond donors (Lipinski definition) is 0. The Morgan fingerprint density at radius 3 is 2.82 bits per heavy atom. The third-order valence-electron chi connectivity index (χ3n) is 3.81. The van der Waals surface area contributed by atoms with Crippen LogP contribution in [0.4, 0.5) is 0 Å². The molecular weight excluding hydrogens is 312 g/mol. The first-order valence-corrected chi connectivity index (χ1v) is 9.07.